The maximum atomic E-state index is 12.1. The third-order valence-electron chi connectivity index (χ3n) is 2.88. The Balaban J connectivity index is 1.83. The van der Waals surface area contributed by atoms with Crippen LogP contribution in [0, 0.1) is 0 Å². The fraction of sp³-hybridized carbons (Fsp3) is 0.312. The van der Waals surface area contributed by atoms with Crippen LogP contribution in [0.15, 0.2) is 34.5 Å². The van der Waals surface area contributed by atoms with Crippen molar-refractivity contribution in [2.24, 2.45) is 0 Å². The summed E-state index contributed by atoms with van der Waals surface area (Å²) in [7, 11) is 0. The van der Waals surface area contributed by atoms with Gasteiger partial charge in [0.15, 0.2) is 5.69 Å². The zero-order chi connectivity index (χ0) is 16.8. The van der Waals surface area contributed by atoms with Crippen LogP contribution in [0.3, 0.4) is 0 Å². The van der Waals surface area contributed by atoms with Crippen LogP contribution in [0.1, 0.15) is 39.7 Å². The largest absolute Gasteiger partial charge is 0.476 e. The number of carboxylic acid groups (broad SMARTS) is 1. The molecule has 1 amide bonds. The Morgan fingerprint density at radius 3 is 2.57 bits per heavy atom. The second-order valence-electron chi connectivity index (χ2n) is 5.13. The number of thioether (sulfide) groups is 1. The first-order valence-corrected chi connectivity index (χ1v) is 8.94. The lowest BCUT2D eigenvalue weighted by Crippen LogP contribution is -2.25. The second-order valence-corrected chi connectivity index (χ2v) is 7.72. The van der Waals surface area contributed by atoms with Crippen LogP contribution in [0.2, 0.25) is 0 Å². The molecule has 1 aromatic carbocycles. The number of carboxylic acids is 1. The van der Waals surface area contributed by atoms with E-state index in [0.717, 1.165) is 4.90 Å². The normalized spacial score (nSPS) is 10.7. The number of hydrogen-bond acceptors (Lipinski definition) is 5. The molecule has 0 fully saturated rings. The predicted molar refractivity (Wildman–Crippen MR) is 92.5 cm³/mol. The SMILES string of the molecule is CC(C)Sc1ccc(C(=O)NCCc2nc(C(=O)O)cs2)cc1. The van der Waals surface area contributed by atoms with Crippen LogP contribution in [0.5, 0.6) is 0 Å². The van der Waals surface area contributed by atoms with E-state index in [4.69, 9.17) is 5.11 Å². The molecular weight excluding hydrogens is 332 g/mol. The summed E-state index contributed by atoms with van der Waals surface area (Å²) in [6.07, 6.45) is 0.519. The van der Waals surface area contributed by atoms with Crippen LogP contribution < -0.4 is 5.32 Å². The average Bonchev–Trinajstić information content (AvgIpc) is 2.96. The Hall–Kier alpha value is -1.86. The van der Waals surface area contributed by atoms with Crippen LogP contribution in [-0.4, -0.2) is 33.8 Å². The first-order valence-electron chi connectivity index (χ1n) is 7.18. The van der Waals surface area contributed by atoms with Crippen molar-refractivity contribution in [3.05, 3.63) is 45.9 Å². The van der Waals surface area contributed by atoms with E-state index >= 15 is 0 Å². The zero-order valence-corrected chi connectivity index (χ0v) is 14.5. The first-order chi connectivity index (χ1) is 11.0. The van der Waals surface area contributed by atoms with Crippen LogP contribution in [0.4, 0.5) is 0 Å². The number of thiazole rings is 1. The van der Waals surface area contributed by atoms with Gasteiger partial charge in [0.1, 0.15) is 0 Å². The van der Waals surface area contributed by atoms with Gasteiger partial charge in [0, 0.05) is 34.1 Å². The molecule has 0 aliphatic rings. The van der Waals surface area contributed by atoms with Crippen molar-refractivity contribution in [3.63, 3.8) is 0 Å². The summed E-state index contributed by atoms with van der Waals surface area (Å²) in [4.78, 5) is 27.9. The molecule has 0 bridgehead atoms. The molecule has 0 saturated carbocycles. The molecule has 122 valence electrons. The summed E-state index contributed by atoms with van der Waals surface area (Å²) in [6.45, 7) is 4.67. The van der Waals surface area contributed by atoms with Crippen molar-refractivity contribution in [2.45, 2.75) is 30.4 Å². The van der Waals surface area contributed by atoms with Gasteiger partial charge < -0.3 is 10.4 Å². The van der Waals surface area contributed by atoms with E-state index in [1.807, 2.05) is 24.3 Å². The topological polar surface area (TPSA) is 79.3 Å². The third-order valence-corrected chi connectivity index (χ3v) is 4.81. The van der Waals surface area contributed by atoms with E-state index in [0.29, 0.717) is 28.8 Å². The maximum absolute atomic E-state index is 12.1. The van der Waals surface area contributed by atoms with Crippen LogP contribution in [0.25, 0.3) is 0 Å². The Labute approximate surface area is 143 Å². The summed E-state index contributed by atoms with van der Waals surface area (Å²) < 4.78 is 0. The number of carbonyl (C=O) groups excluding carboxylic acids is 1. The molecule has 0 aliphatic carbocycles. The van der Waals surface area contributed by atoms with Gasteiger partial charge in [-0.1, -0.05) is 13.8 Å². The standard InChI is InChI=1S/C16H18N2O3S2/c1-10(2)23-12-5-3-11(4-6-12)15(19)17-8-7-14-18-13(9-22-14)16(20)21/h3-6,9-10H,7-8H2,1-2H3,(H,17,19)(H,20,21). The fourth-order valence-corrected chi connectivity index (χ4v) is 3.48. The minimum absolute atomic E-state index is 0.0505. The van der Waals surface area contributed by atoms with Gasteiger partial charge in [0.25, 0.3) is 5.91 Å². The fourth-order valence-electron chi connectivity index (χ4n) is 1.87. The maximum Gasteiger partial charge on any atom is 0.355 e. The molecular formula is C16H18N2O3S2. The Kier molecular flexibility index (Phi) is 6.18. The van der Waals surface area contributed by atoms with Crippen LogP contribution in [-0.2, 0) is 6.42 Å². The monoisotopic (exact) mass is 350 g/mol. The quantitative estimate of drug-likeness (QED) is 0.749. The van der Waals surface area contributed by atoms with Crippen molar-refractivity contribution in [1.29, 1.82) is 0 Å². The number of nitrogens with one attached hydrogen (secondary N) is 1. The minimum Gasteiger partial charge on any atom is -0.476 e. The van der Waals surface area contributed by atoms with Crippen molar-refractivity contribution in [2.75, 3.05) is 6.54 Å². The first kappa shape index (κ1) is 17.5. The van der Waals surface area contributed by atoms with E-state index < -0.39 is 5.97 Å². The Morgan fingerprint density at radius 2 is 2.00 bits per heavy atom. The van der Waals surface area contributed by atoms with Gasteiger partial charge in [-0.15, -0.1) is 23.1 Å². The molecule has 0 aliphatic heterocycles. The molecule has 0 radical (unpaired) electrons. The molecule has 2 rings (SSSR count). The summed E-state index contributed by atoms with van der Waals surface area (Å²) in [6, 6.07) is 7.51. The minimum atomic E-state index is -1.03. The number of benzene rings is 1. The van der Waals surface area contributed by atoms with Gasteiger partial charge >= 0.3 is 5.97 Å². The highest BCUT2D eigenvalue weighted by atomic mass is 32.2. The van der Waals surface area contributed by atoms with Crippen molar-refractivity contribution >= 4 is 35.0 Å². The highest BCUT2D eigenvalue weighted by Crippen LogP contribution is 2.22. The van der Waals surface area contributed by atoms with Crippen LogP contribution >= 0.6 is 23.1 Å². The number of hydrogen-bond donors (Lipinski definition) is 2. The second kappa shape index (κ2) is 8.12. The number of carbonyl (C=O) groups is 2. The third kappa shape index (κ3) is 5.37. The van der Waals surface area contributed by atoms with E-state index in [1.165, 1.54) is 16.7 Å². The molecule has 1 aromatic heterocycles. The number of amides is 1. The molecule has 0 spiro atoms. The van der Waals surface area contributed by atoms with E-state index in [9.17, 15) is 9.59 Å². The molecule has 0 atom stereocenters. The molecule has 2 N–H and O–H groups in total. The number of aromatic nitrogens is 1. The number of nitrogens with zero attached hydrogens (tertiary/aromatic N) is 1. The Morgan fingerprint density at radius 1 is 1.30 bits per heavy atom. The molecule has 7 heteroatoms. The van der Waals surface area contributed by atoms with Crippen molar-refractivity contribution in [1.82, 2.24) is 10.3 Å². The van der Waals surface area contributed by atoms with E-state index in [-0.39, 0.29) is 11.6 Å². The van der Waals surface area contributed by atoms with E-state index in [1.54, 1.807) is 11.8 Å². The lowest BCUT2D eigenvalue weighted by Gasteiger charge is -2.07. The predicted octanol–water partition coefficient (Wildman–Crippen LogP) is 3.31. The highest BCUT2D eigenvalue weighted by molar-refractivity contribution is 7.99. The van der Waals surface area contributed by atoms with Crippen molar-refractivity contribution in [3.8, 4) is 0 Å². The summed E-state index contributed by atoms with van der Waals surface area (Å²) in [5, 5.41) is 14.3. The summed E-state index contributed by atoms with van der Waals surface area (Å²) >= 11 is 3.04. The Bertz CT molecular complexity index is 681. The molecule has 0 saturated heterocycles. The average molecular weight is 350 g/mol. The molecule has 23 heavy (non-hydrogen) atoms. The lowest BCUT2D eigenvalue weighted by atomic mass is 10.2. The van der Waals surface area contributed by atoms with Crippen molar-refractivity contribution < 1.29 is 14.7 Å². The molecule has 5 nitrogen and oxygen atoms in total. The van der Waals surface area contributed by atoms with Gasteiger partial charge in [-0.2, -0.15) is 0 Å². The van der Waals surface area contributed by atoms with Gasteiger partial charge in [0.05, 0.1) is 5.01 Å². The highest BCUT2D eigenvalue weighted by Gasteiger charge is 2.09. The number of aromatic carboxylic acids is 1. The van der Waals surface area contributed by atoms with Gasteiger partial charge in [-0.25, -0.2) is 9.78 Å². The van der Waals surface area contributed by atoms with Gasteiger partial charge in [-0.05, 0) is 24.3 Å². The smallest absolute Gasteiger partial charge is 0.355 e. The van der Waals surface area contributed by atoms with Gasteiger partial charge in [0.2, 0.25) is 0 Å². The van der Waals surface area contributed by atoms with E-state index in [2.05, 4.69) is 24.1 Å². The molecule has 2 aromatic rings. The zero-order valence-electron chi connectivity index (χ0n) is 12.9. The summed E-state index contributed by atoms with van der Waals surface area (Å²) in [5.41, 5.74) is 0.665. The number of rotatable bonds is 7. The molecule has 0 unspecified atom stereocenters. The molecule has 1 heterocycles. The van der Waals surface area contributed by atoms with Gasteiger partial charge in [-0.3, -0.25) is 4.79 Å². The lowest BCUT2D eigenvalue weighted by molar-refractivity contribution is 0.0690. The summed E-state index contributed by atoms with van der Waals surface area (Å²) in [5.74, 6) is -1.17.